The largest absolute Gasteiger partial charge is 0.496 e. The van der Waals surface area contributed by atoms with Gasteiger partial charge >= 0.3 is 0 Å². The van der Waals surface area contributed by atoms with Crippen molar-refractivity contribution < 1.29 is 17.9 Å². The molecular weight excluding hydrogens is 376 g/mol. The third-order valence-electron chi connectivity index (χ3n) is 4.27. The minimum Gasteiger partial charge on any atom is -0.496 e. The molecule has 0 saturated carbocycles. The van der Waals surface area contributed by atoms with E-state index in [4.69, 9.17) is 4.74 Å². The number of rotatable bonds is 9. The molecule has 0 saturated heterocycles. The molecule has 1 atom stereocenters. The Balaban J connectivity index is 2.39. The van der Waals surface area contributed by atoms with Crippen molar-refractivity contribution in [3.05, 3.63) is 59.7 Å². The molecule has 7 heteroatoms. The maximum atomic E-state index is 13.0. The summed E-state index contributed by atoms with van der Waals surface area (Å²) in [6, 6.07) is 13.4. The van der Waals surface area contributed by atoms with Crippen LogP contribution in [0.25, 0.3) is 0 Å². The molecule has 6 nitrogen and oxygen atoms in total. The summed E-state index contributed by atoms with van der Waals surface area (Å²) < 4.78 is 34.1. The molecule has 0 fully saturated rings. The lowest BCUT2D eigenvalue weighted by Crippen LogP contribution is -2.30. The van der Waals surface area contributed by atoms with Gasteiger partial charge in [0.05, 0.1) is 17.6 Å². The van der Waals surface area contributed by atoms with E-state index in [0.717, 1.165) is 5.56 Å². The first-order valence-electron chi connectivity index (χ1n) is 9.32. The van der Waals surface area contributed by atoms with Gasteiger partial charge in [-0.05, 0) is 43.0 Å². The number of methoxy groups -OCH3 is 1. The van der Waals surface area contributed by atoms with Crippen molar-refractivity contribution in [1.82, 2.24) is 10.0 Å². The summed E-state index contributed by atoms with van der Waals surface area (Å²) in [7, 11) is -2.39. The number of carbonyl (C=O) groups excluding carboxylic acids is 1. The lowest BCUT2D eigenvalue weighted by atomic mass is 9.98. The molecule has 28 heavy (non-hydrogen) atoms. The second kappa shape index (κ2) is 9.71. The van der Waals surface area contributed by atoms with Crippen molar-refractivity contribution in [2.75, 3.05) is 13.7 Å². The number of hydrogen-bond acceptors (Lipinski definition) is 4. The molecule has 2 rings (SSSR count). The highest BCUT2D eigenvalue weighted by molar-refractivity contribution is 7.89. The molecule has 0 aromatic heterocycles. The van der Waals surface area contributed by atoms with Crippen molar-refractivity contribution in [1.29, 1.82) is 0 Å². The highest BCUT2D eigenvalue weighted by Gasteiger charge is 2.24. The summed E-state index contributed by atoms with van der Waals surface area (Å²) in [5, 5.41) is 2.67. The van der Waals surface area contributed by atoms with Gasteiger partial charge in [0.25, 0.3) is 5.91 Å². The SMILES string of the molecule is CCNC(=O)c1cc(S(=O)(=O)N[C@H](CC(C)C)c2ccccc2)ccc1OC. The summed E-state index contributed by atoms with van der Waals surface area (Å²) in [6.45, 7) is 6.32. The minimum atomic E-state index is -3.83. The van der Waals surface area contributed by atoms with Crippen molar-refractivity contribution in [2.24, 2.45) is 5.92 Å². The van der Waals surface area contributed by atoms with E-state index in [1.54, 1.807) is 6.92 Å². The van der Waals surface area contributed by atoms with Gasteiger partial charge in [0.1, 0.15) is 5.75 Å². The summed E-state index contributed by atoms with van der Waals surface area (Å²) >= 11 is 0. The van der Waals surface area contributed by atoms with E-state index in [0.29, 0.717) is 24.6 Å². The smallest absolute Gasteiger partial charge is 0.255 e. The Labute approximate surface area is 167 Å². The molecule has 0 aliphatic carbocycles. The Bertz CT molecular complexity index is 896. The van der Waals surface area contributed by atoms with E-state index in [9.17, 15) is 13.2 Å². The Morgan fingerprint density at radius 2 is 1.79 bits per heavy atom. The van der Waals surface area contributed by atoms with Gasteiger partial charge in [-0.2, -0.15) is 0 Å². The van der Waals surface area contributed by atoms with Crippen molar-refractivity contribution in [2.45, 2.75) is 38.1 Å². The molecule has 152 valence electrons. The zero-order valence-corrected chi connectivity index (χ0v) is 17.5. The molecule has 0 spiro atoms. The van der Waals surface area contributed by atoms with E-state index in [2.05, 4.69) is 10.0 Å². The maximum Gasteiger partial charge on any atom is 0.255 e. The summed E-state index contributed by atoms with van der Waals surface area (Å²) in [5.41, 5.74) is 1.09. The summed E-state index contributed by atoms with van der Waals surface area (Å²) in [4.78, 5) is 12.3. The number of carbonyl (C=O) groups is 1. The molecule has 1 amide bonds. The van der Waals surface area contributed by atoms with Crippen LogP contribution in [-0.4, -0.2) is 28.0 Å². The van der Waals surface area contributed by atoms with Gasteiger partial charge in [0.15, 0.2) is 0 Å². The standard InChI is InChI=1S/C21H28N2O4S/c1-5-22-21(24)18-14-17(11-12-20(18)27-4)28(25,26)23-19(13-15(2)3)16-9-7-6-8-10-16/h6-12,14-15,19,23H,5,13H2,1-4H3,(H,22,24)/t19-/m1/s1. The topological polar surface area (TPSA) is 84.5 Å². The van der Waals surface area contributed by atoms with Crippen LogP contribution in [0, 0.1) is 5.92 Å². The van der Waals surface area contributed by atoms with Crippen LogP contribution in [0.15, 0.2) is 53.4 Å². The Hall–Kier alpha value is -2.38. The number of sulfonamides is 1. The van der Waals surface area contributed by atoms with E-state index in [-0.39, 0.29) is 22.4 Å². The fourth-order valence-electron chi connectivity index (χ4n) is 2.95. The Morgan fingerprint density at radius 1 is 1.11 bits per heavy atom. The van der Waals surface area contributed by atoms with Crippen LogP contribution in [0.1, 0.15) is 49.2 Å². The molecule has 0 radical (unpaired) electrons. The molecule has 2 aromatic carbocycles. The van der Waals surface area contributed by atoms with Crippen LogP contribution in [0.5, 0.6) is 5.75 Å². The Kier molecular flexibility index (Phi) is 7.60. The average molecular weight is 405 g/mol. The summed E-state index contributed by atoms with van der Waals surface area (Å²) in [5.74, 6) is 0.250. The first kappa shape index (κ1) is 21.9. The zero-order valence-electron chi connectivity index (χ0n) is 16.7. The normalized spacial score (nSPS) is 12.6. The van der Waals surface area contributed by atoms with Gasteiger partial charge in [-0.1, -0.05) is 44.2 Å². The van der Waals surface area contributed by atoms with E-state index < -0.39 is 10.0 Å². The van der Waals surface area contributed by atoms with Crippen LogP contribution in [0.4, 0.5) is 0 Å². The number of benzene rings is 2. The van der Waals surface area contributed by atoms with Gasteiger partial charge in [-0.25, -0.2) is 13.1 Å². The third kappa shape index (κ3) is 5.56. The first-order valence-corrected chi connectivity index (χ1v) is 10.8. The van der Waals surface area contributed by atoms with Gasteiger partial charge in [-0.3, -0.25) is 4.79 Å². The molecule has 2 aromatic rings. The quantitative estimate of drug-likeness (QED) is 0.670. The molecule has 0 aliphatic rings. The van der Waals surface area contributed by atoms with E-state index in [1.165, 1.54) is 25.3 Å². The van der Waals surface area contributed by atoms with Gasteiger partial charge < -0.3 is 10.1 Å². The monoisotopic (exact) mass is 404 g/mol. The highest BCUT2D eigenvalue weighted by atomic mass is 32.2. The van der Waals surface area contributed by atoms with Crippen LogP contribution < -0.4 is 14.8 Å². The predicted molar refractivity (Wildman–Crippen MR) is 110 cm³/mol. The van der Waals surface area contributed by atoms with Crippen LogP contribution in [0.2, 0.25) is 0 Å². The van der Waals surface area contributed by atoms with Crippen molar-refractivity contribution >= 4 is 15.9 Å². The third-order valence-corrected chi connectivity index (χ3v) is 5.74. The fourth-order valence-corrected chi connectivity index (χ4v) is 4.21. The second-order valence-corrected chi connectivity index (χ2v) is 8.65. The highest BCUT2D eigenvalue weighted by Crippen LogP contribution is 2.26. The van der Waals surface area contributed by atoms with Crippen molar-refractivity contribution in [3.8, 4) is 5.75 Å². The fraction of sp³-hybridized carbons (Fsp3) is 0.381. The minimum absolute atomic E-state index is 0.0271. The number of amides is 1. The predicted octanol–water partition coefficient (Wildman–Crippen LogP) is 3.51. The van der Waals surface area contributed by atoms with Gasteiger partial charge in [0.2, 0.25) is 10.0 Å². The summed E-state index contributed by atoms with van der Waals surface area (Å²) in [6.07, 6.45) is 0.655. The molecule has 0 aliphatic heterocycles. The molecular formula is C21H28N2O4S. The first-order chi connectivity index (χ1) is 13.3. The number of ether oxygens (including phenoxy) is 1. The van der Waals surface area contributed by atoms with E-state index in [1.807, 2.05) is 44.2 Å². The number of nitrogens with one attached hydrogen (secondary N) is 2. The molecule has 0 unspecified atom stereocenters. The zero-order chi connectivity index (χ0) is 20.7. The lowest BCUT2D eigenvalue weighted by Gasteiger charge is -2.21. The van der Waals surface area contributed by atoms with Gasteiger partial charge in [-0.15, -0.1) is 0 Å². The lowest BCUT2D eigenvalue weighted by molar-refractivity contribution is 0.0952. The van der Waals surface area contributed by atoms with Crippen LogP contribution in [0.3, 0.4) is 0 Å². The van der Waals surface area contributed by atoms with Crippen LogP contribution in [-0.2, 0) is 10.0 Å². The van der Waals surface area contributed by atoms with Crippen molar-refractivity contribution in [3.63, 3.8) is 0 Å². The second-order valence-electron chi connectivity index (χ2n) is 6.94. The van der Waals surface area contributed by atoms with E-state index >= 15 is 0 Å². The number of hydrogen-bond donors (Lipinski definition) is 2. The molecule has 0 heterocycles. The molecule has 2 N–H and O–H groups in total. The average Bonchev–Trinajstić information content (AvgIpc) is 2.67. The van der Waals surface area contributed by atoms with Gasteiger partial charge in [0, 0.05) is 12.6 Å². The van der Waals surface area contributed by atoms with Crippen LogP contribution >= 0.6 is 0 Å². The molecule has 0 bridgehead atoms. The Morgan fingerprint density at radius 3 is 2.36 bits per heavy atom. The maximum absolute atomic E-state index is 13.0.